The Balaban J connectivity index is 1.45. The molecule has 2 heterocycles. The number of hydrogen-bond acceptors (Lipinski definition) is 4. The Hall–Kier alpha value is -2.73. The van der Waals surface area contributed by atoms with Crippen LogP contribution in [0.1, 0.15) is 6.42 Å². The zero-order valence-corrected chi connectivity index (χ0v) is 14.7. The van der Waals surface area contributed by atoms with Gasteiger partial charge in [-0.25, -0.2) is 0 Å². The number of carbonyl (C=O) groups is 2. The van der Waals surface area contributed by atoms with Gasteiger partial charge in [-0.15, -0.1) is 0 Å². The van der Waals surface area contributed by atoms with Crippen molar-refractivity contribution in [1.82, 2.24) is 0 Å². The van der Waals surface area contributed by atoms with Crippen LogP contribution >= 0.6 is 11.6 Å². The Bertz CT molecular complexity index is 870. The second-order valence-corrected chi connectivity index (χ2v) is 6.67. The van der Waals surface area contributed by atoms with Crippen molar-refractivity contribution < 1.29 is 19.1 Å². The third kappa shape index (κ3) is 3.32. The van der Waals surface area contributed by atoms with Crippen molar-refractivity contribution >= 4 is 34.8 Å². The molecule has 26 heavy (non-hydrogen) atoms. The first-order chi connectivity index (χ1) is 12.6. The third-order valence-corrected chi connectivity index (χ3v) is 4.66. The monoisotopic (exact) mass is 372 g/mol. The van der Waals surface area contributed by atoms with Gasteiger partial charge in [-0.1, -0.05) is 17.7 Å². The molecule has 1 N–H and O–H groups in total. The van der Waals surface area contributed by atoms with Crippen LogP contribution in [0.2, 0.25) is 5.02 Å². The van der Waals surface area contributed by atoms with Crippen molar-refractivity contribution in [3.63, 3.8) is 0 Å². The number of ether oxygens (including phenoxy) is 2. The minimum Gasteiger partial charge on any atom is -0.486 e. The van der Waals surface area contributed by atoms with E-state index in [1.165, 1.54) is 0 Å². The van der Waals surface area contributed by atoms with Gasteiger partial charge in [0.1, 0.15) is 13.2 Å². The summed E-state index contributed by atoms with van der Waals surface area (Å²) < 4.78 is 11.0. The highest BCUT2D eigenvalue weighted by molar-refractivity contribution is 6.31. The van der Waals surface area contributed by atoms with Gasteiger partial charge in [0, 0.05) is 35.4 Å². The molecular formula is C19H17ClN2O4. The molecule has 0 aliphatic carbocycles. The minimum absolute atomic E-state index is 0.0883. The summed E-state index contributed by atoms with van der Waals surface area (Å²) in [4.78, 5) is 26.5. The van der Waals surface area contributed by atoms with Crippen LogP contribution < -0.4 is 19.7 Å². The highest BCUT2D eigenvalue weighted by Gasteiger charge is 2.35. The molecule has 7 heteroatoms. The molecule has 0 spiro atoms. The van der Waals surface area contributed by atoms with E-state index in [-0.39, 0.29) is 18.2 Å². The summed E-state index contributed by atoms with van der Waals surface area (Å²) >= 11 is 6.00. The molecular weight excluding hydrogens is 356 g/mol. The number of nitrogens with zero attached hydrogens (tertiary/aromatic N) is 1. The summed E-state index contributed by atoms with van der Waals surface area (Å²) in [5.74, 6) is 0.568. The number of hydrogen-bond donors (Lipinski definition) is 1. The van der Waals surface area contributed by atoms with Gasteiger partial charge >= 0.3 is 0 Å². The van der Waals surface area contributed by atoms with Gasteiger partial charge in [-0.3, -0.25) is 9.59 Å². The van der Waals surface area contributed by atoms with Crippen LogP contribution in [0.25, 0.3) is 0 Å². The number of rotatable bonds is 3. The average Bonchev–Trinajstić information content (AvgIpc) is 3.03. The molecule has 1 fully saturated rings. The second kappa shape index (κ2) is 6.88. The first kappa shape index (κ1) is 16.7. The van der Waals surface area contributed by atoms with Crippen molar-refractivity contribution in [3.05, 3.63) is 47.5 Å². The Kier molecular flexibility index (Phi) is 4.42. The summed E-state index contributed by atoms with van der Waals surface area (Å²) in [5.41, 5.74) is 1.32. The fourth-order valence-corrected chi connectivity index (χ4v) is 3.33. The van der Waals surface area contributed by atoms with E-state index >= 15 is 0 Å². The van der Waals surface area contributed by atoms with Gasteiger partial charge in [-0.05, 0) is 30.3 Å². The lowest BCUT2D eigenvalue weighted by molar-refractivity contribution is -0.122. The minimum atomic E-state index is -0.422. The van der Waals surface area contributed by atoms with Gasteiger partial charge in [0.2, 0.25) is 11.8 Å². The first-order valence-electron chi connectivity index (χ1n) is 8.36. The molecule has 0 aromatic heterocycles. The Morgan fingerprint density at radius 2 is 1.92 bits per heavy atom. The molecule has 2 amide bonds. The number of fused-ring (bicyclic) bond motifs is 1. The predicted molar refractivity (Wildman–Crippen MR) is 98.0 cm³/mol. The van der Waals surface area contributed by atoms with Gasteiger partial charge in [0.05, 0.1) is 5.92 Å². The van der Waals surface area contributed by atoms with E-state index in [1.54, 1.807) is 41.3 Å². The number of halogens is 1. The van der Waals surface area contributed by atoms with Crippen LogP contribution in [-0.2, 0) is 9.59 Å². The van der Waals surface area contributed by atoms with Gasteiger partial charge in [-0.2, -0.15) is 0 Å². The molecule has 4 rings (SSSR count). The van der Waals surface area contributed by atoms with Crippen molar-refractivity contribution in [3.8, 4) is 11.5 Å². The second-order valence-electron chi connectivity index (χ2n) is 6.23. The zero-order valence-electron chi connectivity index (χ0n) is 13.9. The van der Waals surface area contributed by atoms with Crippen molar-refractivity contribution in [2.75, 3.05) is 30.0 Å². The Morgan fingerprint density at radius 3 is 2.73 bits per heavy atom. The van der Waals surface area contributed by atoms with E-state index in [4.69, 9.17) is 21.1 Å². The van der Waals surface area contributed by atoms with Gasteiger partial charge in [0.15, 0.2) is 11.5 Å². The van der Waals surface area contributed by atoms with Crippen molar-refractivity contribution in [2.24, 2.45) is 5.92 Å². The fraction of sp³-hybridized carbons (Fsp3) is 0.263. The Labute approximate surface area is 155 Å². The quantitative estimate of drug-likeness (QED) is 0.899. The van der Waals surface area contributed by atoms with Crippen LogP contribution in [0.3, 0.4) is 0 Å². The smallest absolute Gasteiger partial charge is 0.229 e. The predicted octanol–water partition coefficient (Wildman–Crippen LogP) is 3.10. The molecule has 2 aromatic carbocycles. The topological polar surface area (TPSA) is 67.9 Å². The summed E-state index contributed by atoms with van der Waals surface area (Å²) in [7, 11) is 0. The molecule has 1 atom stereocenters. The summed E-state index contributed by atoms with van der Waals surface area (Å²) in [5, 5.41) is 3.41. The molecule has 1 saturated heterocycles. The van der Waals surface area contributed by atoms with Gasteiger partial charge in [0.25, 0.3) is 0 Å². The van der Waals surface area contributed by atoms with Crippen LogP contribution in [0.4, 0.5) is 11.4 Å². The largest absolute Gasteiger partial charge is 0.486 e. The zero-order chi connectivity index (χ0) is 18.1. The SMILES string of the molecule is O=C(Nc1ccc2c(c1)OCCO2)C1CC(=O)N(c2cccc(Cl)c2)C1. The molecule has 134 valence electrons. The fourth-order valence-electron chi connectivity index (χ4n) is 3.14. The van der Waals surface area contributed by atoms with E-state index in [1.807, 2.05) is 6.07 Å². The molecule has 2 aliphatic rings. The summed E-state index contributed by atoms with van der Waals surface area (Å²) in [6.07, 6.45) is 0.170. The summed E-state index contributed by atoms with van der Waals surface area (Å²) in [6, 6.07) is 12.3. The lowest BCUT2D eigenvalue weighted by atomic mass is 10.1. The van der Waals surface area contributed by atoms with E-state index < -0.39 is 5.92 Å². The molecule has 6 nitrogen and oxygen atoms in total. The lowest BCUT2D eigenvalue weighted by Crippen LogP contribution is -2.28. The number of amides is 2. The summed E-state index contributed by atoms with van der Waals surface area (Å²) in [6.45, 7) is 1.33. The maximum absolute atomic E-state index is 12.6. The van der Waals surface area contributed by atoms with E-state index in [0.717, 1.165) is 0 Å². The Morgan fingerprint density at radius 1 is 1.12 bits per heavy atom. The molecule has 2 aromatic rings. The highest BCUT2D eigenvalue weighted by atomic mass is 35.5. The van der Waals surface area contributed by atoms with Crippen LogP contribution in [0, 0.1) is 5.92 Å². The number of carbonyl (C=O) groups excluding carboxylic acids is 2. The first-order valence-corrected chi connectivity index (χ1v) is 8.74. The molecule has 0 saturated carbocycles. The van der Waals surface area contributed by atoms with Crippen LogP contribution in [0.15, 0.2) is 42.5 Å². The molecule has 0 bridgehead atoms. The number of anilines is 2. The normalized spacial score (nSPS) is 18.7. The maximum Gasteiger partial charge on any atom is 0.229 e. The molecule has 0 radical (unpaired) electrons. The number of benzene rings is 2. The van der Waals surface area contributed by atoms with Crippen molar-refractivity contribution in [1.29, 1.82) is 0 Å². The van der Waals surface area contributed by atoms with Gasteiger partial charge < -0.3 is 19.7 Å². The highest BCUT2D eigenvalue weighted by Crippen LogP contribution is 2.33. The average molecular weight is 373 g/mol. The van der Waals surface area contributed by atoms with E-state index in [2.05, 4.69) is 5.32 Å². The van der Waals surface area contributed by atoms with Crippen LogP contribution in [0.5, 0.6) is 11.5 Å². The maximum atomic E-state index is 12.6. The van der Waals surface area contributed by atoms with Crippen LogP contribution in [-0.4, -0.2) is 31.6 Å². The standard InChI is InChI=1S/C19H17ClN2O4/c20-13-2-1-3-15(9-13)22-11-12(8-18(22)23)19(24)21-14-4-5-16-17(10-14)26-7-6-25-16/h1-5,9-10,12H,6-8,11H2,(H,21,24). The number of nitrogens with one attached hydrogen (secondary N) is 1. The van der Waals surface area contributed by atoms with Crippen molar-refractivity contribution in [2.45, 2.75) is 6.42 Å². The van der Waals surface area contributed by atoms with E-state index in [9.17, 15) is 9.59 Å². The molecule has 2 aliphatic heterocycles. The molecule has 1 unspecified atom stereocenters. The lowest BCUT2D eigenvalue weighted by Gasteiger charge is -2.19. The third-order valence-electron chi connectivity index (χ3n) is 4.43. The van der Waals surface area contributed by atoms with E-state index in [0.29, 0.717) is 47.7 Å².